The molecule has 0 aliphatic carbocycles. The zero-order chi connectivity index (χ0) is 23.1. The second-order valence-electron chi connectivity index (χ2n) is 7.76. The number of methoxy groups -OCH3 is 1. The van der Waals surface area contributed by atoms with Crippen LogP contribution in [0.1, 0.15) is 22.0 Å². The molecule has 0 aromatic heterocycles. The number of benzene rings is 3. The van der Waals surface area contributed by atoms with Gasteiger partial charge < -0.3 is 9.84 Å². The van der Waals surface area contributed by atoms with Gasteiger partial charge in [0.15, 0.2) is 6.10 Å². The van der Waals surface area contributed by atoms with E-state index in [2.05, 4.69) is 0 Å². The number of carbonyl (C=O) groups excluding carboxylic acids is 2. The third kappa shape index (κ3) is 3.32. The highest BCUT2D eigenvalue weighted by Crippen LogP contribution is 2.48. The third-order valence-electron chi connectivity index (χ3n) is 5.97. The van der Waals surface area contributed by atoms with Crippen molar-refractivity contribution in [3.05, 3.63) is 90.0 Å². The average Bonchev–Trinajstić information content (AvgIpc) is 3.35. The highest BCUT2D eigenvalue weighted by molar-refractivity contribution is 6.24. The number of fused-ring (bicyclic) bond motifs is 1. The van der Waals surface area contributed by atoms with Crippen LogP contribution in [0.25, 0.3) is 0 Å². The molecule has 2 aliphatic rings. The van der Waals surface area contributed by atoms with Crippen LogP contribution in [0.3, 0.4) is 0 Å². The Morgan fingerprint density at radius 3 is 2.21 bits per heavy atom. The summed E-state index contributed by atoms with van der Waals surface area (Å²) in [6.45, 7) is 0. The lowest BCUT2D eigenvalue weighted by Gasteiger charge is -2.29. The van der Waals surface area contributed by atoms with E-state index in [9.17, 15) is 19.5 Å². The Balaban J connectivity index is 1.61. The fourth-order valence-electron chi connectivity index (χ4n) is 4.46. The molecule has 3 aromatic rings. The van der Waals surface area contributed by atoms with Gasteiger partial charge in [0.2, 0.25) is 5.91 Å². The number of carbonyl (C=O) groups is 3. The maximum Gasteiger partial charge on any atom is 0.336 e. The first kappa shape index (κ1) is 20.7. The van der Waals surface area contributed by atoms with Crippen molar-refractivity contribution in [2.45, 2.75) is 12.1 Å². The molecule has 166 valence electrons. The van der Waals surface area contributed by atoms with E-state index in [1.807, 2.05) is 6.07 Å². The van der Waals surface area contributed by atoms with Crippen molar-refractivity contribution in [3.63, 3.8) is 0 Å². The van der Waals surface area contributed by atoms with E-state index in [0.717, 1.165) is 4.90 Å². The van der Waals surface area contributed by atoms with Crippen molar-refractivity contribution in [2.75, 3.05) is 17.1 Å². The van der Waals surface area contributed by atoms with Crippen LogP contribution in [-0.4, -0.2) is 36.1 Å². The molecule has 2 heterocycles. The van der Waals surface area contributed by atoms with Gasteiger partial charge in [0.05, 0.1) is 30.1 Å². The maximum atomic E-state index is 13.6. The lowest BCUT2D eigenvalue weighted by Crippen LogP contribution is -2.37. The third-order valence-corrected chi connectivity index (χ3v) is 5.97. The predicted octanol–water partition coefficient (Wildman–Crippen LogP) is 3.44. The molecule has 3 atom stereocenters. The van der Waals surface area contributed by atoms with Crippen LogP contribution in [0.15, 0.2) is 78.9 Å². The molecule has 0 spiro atoms. The number of nitrogens with zero attached hydrogens (tertiary/aromatic N) is 2. The van der Waals surface area contributed by atoms with Crippen LogP contribution >= 0.6 is 0 Å². The van der Waals surface area contributed by atoms with Gasteiger partial charge in [0.25, 0.3) is 5.91 Å². The molecule has 3 unspecified atom stereocenters. The molecular weight excluding hydrogens is 424 g/mol. The zero-order valence-electron chi connectivity index (χ0n) is 17.6. The minimum absolute atomic E-state index is 0.0517. The summed E-state index contributed by atoms with van der Waals surface area (Å²) >= 11 is 0. The summed E-state index contributed by atoms with van der Waals surface area (Å²) in [5.74, 6) is -2.38. The summed E-state index contributed by atoms with van der Waals surface area (Å²) in [6.07, 6.45) is -1.08. The van der Waals surface area contributed by atoms with Gasteiger partial charge in [-0.15, -0.1) is 0 Å². The number of amides is 2. The molecule has 2 saturated heterocycles. The maximum absolute atomic E-state index is 13.6. The van der Waals surface area contributed by atoms with Crippen molar-refractivity contribution in [1.29, 1.82) is 0 Å². The summed E-state index contributed by atoms with van der Waals surface area (Å²) in [5, 5.41) is 11.3. The number of carboxylic acid groups (broad SMARTS) is 1. The molecule has 0 radical (unpaired) electrons. The number of hydrogen-bond donors (Lipinski definition) is 1. The molecule has 5 rings (SSSR count). The Labute approximate surface area is 189 Å². The van der Waals surface area contributed by atoms with Crippen LogP contribution in [0.5, 0.6) is 5.75 Å². The first-order valence-electron chi connectivity index (χ1n) is 10.4. The van der Waals surface area contributed by atoms with Crippen molar-refractivity contribution < 1.29 is 29.1 Å². The van der Waals surface area contributed by atoms with Gasteiger partial charge in [-0.2, -0.15) is 0 Å². The SMILES string of the molecule is COc1ccc(N2C(=O)C3ON(c4ccccc4)C(c4ccccc4C(=O)O)C3C2=O)cc1. The first-order chi connectivity index (χ1) is 16.0. The number of hydrogen-bond acceptors (Lipinski definition) is 6. The van der Waals surface area contributed by atoms with Gasteiger partial charge in [0.1, 0.15) is 11.7 Å². The number of carboxylic acids is 1. The number of aromatic carboxylic acids is 1. The predicted molar refractivity (Wildman–Crippen MR) is 119 cm³/mol. The van der Waals surface area contributed by atoms with Crippen LogP contribution in [-0.2, 0) is 14.4 Å². The summed E-state index contributed by atoms with van der Waals surface area (Å²) in [6, 6.07) is 21.3. The minimum atomic E-state index is -1.12. The molecule has 0 bridgehead atoms. The molecular formula is C25H20N2O6. The van der Waals surface area contributed by atoms with Crippen molar-refractivity contribution in [2.24, 2.45) is 5.92 Å². The van der Waals surface area contributed by atoms with E-state index in [1.54, 1.807) is 66.7 Å². The monoisotopic (exact) mass is 444 g/mol. The Kier molecular flexibility index (Phi) is 5.07. The van der Waals surface area contributed by atoms with Crippen LogP contribution in [0.4, 0.5) is 11.4 Å². The summed E-state index contributed by atoms with van der Waals surface area (Å²) in [5.41, 5.74) is 1.48. The molecule has 2 amide bonds. The molecule has 8 heteroatoms. The standard InChI is InChI=1S/C25H20N2O6/c1-32-17-13-11-15(12-14-17)26-23(28)20-21(18-9-5-6-10-19(18)25(30)31)27(33-22(20)24(26)29)16-7-3-2-4-8-16/h2-14,20-22H,1H3,(H,30,31). The zero-order valence-corrected chi connectivity index (χ0v) is 17.6. The largest absolute Gasteiger partial charge is 0.497 e. The van der Waals surface area contributed by atoms with E-state index >= 15 is 0 Å². The van der Waals surface area contributed by atoms with Crippen molar-refractivity contribution >= 4 is 29.2 Å². The summed E-state index contributed by atoms with van der Waals surface area (Å²) in [4.78, 5) is 46.1. The lowest BCUT2D eigenvalue weighted by molar-refractivity contribution is -0.126. The number of rotatable bonds is 5. The van der Waals surface area contributed by atoms with Crippen LogP contribution in [0.2, 0.25) is 0 Å². The number of anilines is 2. The summed E-state index contributed by atoms with van der Waals surface area (Å²) < 4.78 is 5.16. The second-order valence-corrected chi connectivity index (χ2v) is 7.76. The number of imide groups is 1. The van der Waals surface area contributed by atoms with Gasteiger partial charge in [0, 0.05) is 0 Å². The van der Waals surface area contributed by atoms with Crippen molar-refractivity contribution in [3.8, 4) is 5.75 Å². The van der Waals surface area contributed by atoms with Gasteiger partial charge in [-0.25, -0.2) is 14.8 Å². The van der Waals surface area contributed by atoms with Crippen LogP contribution in [0, 0.1) is 5.92 Å². The molecule has 2 fully saturated rings. The minimum Gasteiger partial charge on any atom is -0.497 e. The van der Waals surface area contributed by atoms with Crippen LogP contribution < -0.4 is 14.7 Å². The molecule has 33 heavy (non-hydrogen) atoms. The average molecular weight is 444 g/mol. The van der Waals surface area contributed by atoms with E-state index in [-0.39, 0.29) is 5.56 Å². The normalized spacial score (nSPS) is 21.9. The number of hydroxylamine groups is 1. The highest BCUT2D eigenvalue weighted by Gasteiger charge is 2.60. The molecule has 8 nitrogen and oxygen atoms in total. The molecule has 3 aromatic carbocycles. The fourth-order valence-corrected chi connectivity index (χ4v) is 4.46. The highest BCUT2D eigenvalue weighted by atomic mass is 16.7. The van der Waals surface area contributed by atoms with E-state index in [0.29, 0.717) is 22.7 Å². The number of para-hydroxylation sites is 1. The topological polar surface area (TPSA) is 96.4 Å². The van der Waals surface area contributed by atoms with Crippen molar-refractivity contribution in [1.82, 2.24) is 0 Å². The second kappa shape index (κ2) is 8.07. The Morgan fingerprint density at radius 1 is 0.879 bits per heavy atom. The molecule has 2 aliphatic heterocycles. The Bertz CT molecular complexity index is 1230. The molecule has 0 saturated carbocycles. The van der Waals surface area contributed by atoms with E-state index < -0.39 is 35.8 Å². The quantitative estimate of drug-likeness (QED) is 0.602. The van der Waals surface area contributed by atoms with Gasteiger partial charge in [-0.1, -0.05) is 36.4 Å². The Morgan fingerprint density at radius 2 is 1.55 bits per heavy atom. The van der Waals surface area contributed by atoms with Gasteiger partial charge in [-0.05, 0) is 48.0 Å². The summed E-state index contributed by atoms with van der Waals surface area (Å²) in [7, 11) is 1.53. The molecule has 1 N–H and O–H groups in total. The van der Waals surface area contributed by atoms with E-state index in [4.69, 9.17) is 9.57 Å². The number of ether oxygens (including phenoxy) is 1. The lowest BCUT2D eigenvalue weighted by atomic mass is 9.88. The first-order valence-corrected chi connectivity index (χ1v) is 10.4. The fraction of sp³-hybridized carbons (Fsp3) is 0.160. The van der Waals surface area contributed by atoms with Gasteiger partial charge >= 0.3 is 5.97 Å². The Hall–Kier alpha value is -4.17. The smallest absolute Gasteiger partial charge is 0.336 e. The van der Waals surface area contributed by atoms with E-state index in [1.165, 1.54) is 18.2 Å². The van der Waals surface area contributed by atoms with Gasteiger partial charge in [-0.3, -0.25) is 14.4 Å².